The van der Waals surface area contributed by atoms with Gasteiger partial charge in [-0.3, -0.25) is 4.72 Å². The fourth-order valence-electron chi connectivity index (χ4n) is 2.28. The van der Waals surface area contributed by atoms with E-state index in [4.69, 9.17) is 9.05 Å². The Bertz CT molecular complexity index is 1080. The average Bonchev–Trinajstić information content (AvgIpc) is 3.27. The third kappa shape index (κ3) is 2.91. The van der Waals surface area contributed by atoms with Gasteiger partial charge in [-0.25, -0.2) is 8.42 Å². The molecule has 24 heavy (non-hydrogen) atoms. The van der Waals surface area contributed by atoms with Gasteiger partial charge in [-0.15, -0.1) is 11.3 Å². The average molecular weight is 361 g/mol. The lowest BCUT2D eigenvalue weighted by Gasteiger charge is -2.02. The van der Waals surface area contributed by atoms with E-state index in [0.29, 0.717) is 22.4 Å². The van der Waals surface area contributed by atoms with Crippen LogP contribution < -0.4 is 4.72 Å². The van der Waals surface area contributed by atoms with Gasteiger partial charge in [0.2, 0.25) is 15.9 Å². The highest BCUT2D eigenvalue weighted by atomic mass is 32.2. The first kappa shape index (κ1) is 14.9. The van der Waals surface area contributed by atoms with Crippen LogP contribution in [0.25, 0.3) is 21.5 Å². The standard InChI is InChI=1S/C15H11N3O4S2/c19-24(20,9-12-10-4-1-2-5-13(10)21-17-12)18-15-8-11(16-22-15)14-6-3-7-23-14/h1-8,18H,9H2. The summed E-state index contributed by atoms with van der Waals surface area (Å²) in [5.74, 6) is -0.259. The first-order valence-corrected chi connectivity index (χ1v) is 9.48. The number of anilines is 1. The van der Waals surface area contributed by atoms with Crippen molar-refractivity contribution in [2.45, 2.75) is 5.75 Å². The maximum absolute atomic E-state index is 12.3. The summed E-state index contributed by atoms with van der Waals surface area (Å²) in [6.07, 6.45) is 0. The van der Waals surface area contributed by atoms with E-state index in [2.05, 4.69) is 15.0 Å². The molecule has 3 aromatic heterocycles. The van der Waals surface area contributed by atoms with Crippen molar-refractivity contribution in [2.75, 3.05) is 4.72 Å². The monoisotopic (exact) mass is 361 g/mol. The van der Waals surface area contributed by atoms with Crippen LogP contribution in [0.5, 0.6) is 0 Å². The zero-order chi connectivity index (χ0) is 16.6. The highest BCUT2D eigenvalue weighted by Crippen LogP contribution is 2.27. The Morgan fingerprint density at radius 3 is 2.79 bits per heavy atom. The fourth-order valence-corrected chi connectivity index (χ4v) is 4.00. The van der Waals surface area contributed by atoms with E-state index >= 15 is 0 Å². The molecule has 122 valence electrons. The van der Waals surface area contributed by atoms with Gasteiger partial charge in [-0.2, -0.15) is 0 Å². The summed E-state index contributed by atoms with van der Waals surface area (Å²) in [5, 5.41) is 10.3. The molecule has 1 aromatic carbocycles. The number of rotatable bonds is 5. The molecule has 7 nitrogen and oxygen atoms in total. The zero-order valence-electron chi connectivity index (χ0n) is 12.2. The molecule has 4 aromatic rings. The summed E-state index contributed by atoms with van der Waals surface area (Å²) in [5.41, 5.74) is 1.47. The van der Waals surface area contributed by atoms with E-state index in [9.17, 15) is 8.42 Å². The van der Waals surface area contributed by atoms with E-state index in [1.165, 1.54) is 11.3 Å². The van der Waals surface area contributed by atoms with Gasteiger partial charge in [-0.05, 0) is 23.6 Å². The van der Waals surface area contributed by atoms with Crippen molar-refractivity contribution >= 4 is 38.2 Å². The van der Waals surface area contributed by atoms with Gasteiger partial charge >= 0.3 is 0 Å². The largest absolute Gasteiger partial charge is 0.356 e. The SMILES string of the molecule is O=S(=O)(Cc1noc2ccccc12)Nc1cc(-c2cccs2)no1. The van der Waals surface area contributed by atoms with Crippen molar-refractivity contribution in [1.82, 2.24) is 10.3 Å². The molecular weight excluding hydrogens is 350 g/mol. The highest BCUT2D eigenvalue weighted by molar-refractivity contribution is 7.91. The van der Waals surface area contributed by atoms with Gasteiger partial charge in [0.25, 0.3) is 0 Å². The van der Waals surface area contributed by atoms with Crippen molar-refractivity contribution in [3.05, 3.63) is 53.5 Å². The smallest absolute Gasteiger partial charge is 0.240 e. The van der Waals surface area contributed by atoms with Gasteiger partial charge in [0, 0.05) is 11.5 Å². The summed E-state index contributed by atoms with van der Waals surface area (Å²) >= 11 is 1.49. The molecule has 4 rings (SSSR count). The summed E-state index contributed by atoms with van der Waals surface area (Å²) in [6, 6.07) is 12.4. The molecule has 0 amide bonds. The lowest BCUT2D eigenvalue weighted by atomic mass is 10.2. The van der Waals surface area contributed by atoms with Crippen LogP contribution in [-0.2, 0) is 15.8 Å². The minimum absolute atomic E-state index is 0.0613. The molecule has 0 bridgehead atoms. The number of hydrogen-bond acceptors (Lipinski definition) is 7. The second kappa shape index (κ2) is 5.77. The van der Waals surface area contributed by atoms with E-state index in [1.807, 2.05) is 17.5 Å². The van der Waals surface area contributed by atoms with Crippen LogP contribution in [0.2, 0.25) is 0 Å². The topological polar surface area (TPSA) is 98.2 Å². The molecular formula is C15H11N3O4S2. The minimum atomic E-state index is -3.71. The molecule has 3 heterocycles. The van der Waals surface area contributed by atoms with Crippen molar-refractivity contribution in [1.29, 1.82) is 0 Å². The number of sulfonamides is 1. The summed E-state index contributed by atoms with van der Waals surface area (Å²) in [6.45, 7) is 0. The van der Waals surface area contributed by atoms with Gasteiger partial charge < -0.3 is 9.05 Å². The van der Waals surface area contributed by atoms with Crippen molar-refractivity contribution in [3.8, 4) is 10.6 Å². The number of benzene rings is 1. The van der Waals surface area contributed by atoms with Crippen molar-refractivity contribution in [3.63, 3.8) is 0 Å². The van der Waals surface area contributed by atoms with E-state index in [-0.39, 0.29) is 11.6 Å². The fraction of sp³-hybridized carbons (Fsp3) is 0.0667. The number of para-hydroxylation sites is 1. The third-order valence-electron chi connectivity index (χ3n) is 3.32. The Morgan fingerprint density at radius 2 is 1.96 bits per heavy atom. The molecule has 0 unspecified atom stereocenters. The second-order valence-corrected chi connectivity index (χ2v) is 7.71. The van der Waals surface area contributed by atoms with Crippen molar-refractivity contribution < 1.29 is 17.5 Å². The Balaban J connectivity index is 1.55. The molecule has 0 aliphatic carbocycles. The lowest BCUT2D eigenvalue weighted by molar-refractivity contribution is 0.438. The summed E-state index contributed by atoms with van der Waals surface area (Å²) in [4.78, 5) is 0.895. The van der Waals surface area contributed by atoms with Crippen LogP contribution in [0.4, 0.5) is 5.88 Å². The van der Waals surface area contributed by atoms with Crippen LogP contribution in [0, 0.1) is 0 Å². The maximum atomic E-state index is 12.3. The maximum Gasteiger partial charge on any atom is 0.240 e. The van der Waals surface area contributed by atoms with Crippen LogP contribution in [0.1, 0.15) is 5.69 Å². The molecule has 0 spiro atoms. The zero-order valence-corrected chi connectivity index (χ0v) is 13.8. The van der Waals surface area contributed by atoms with E-state index in [0.717, 1.165) is 4.88 Å². The number of aromatic nitrogens is 2. The molecule has 9 heteroatoms. The Labute approximate surface area is 140 Å². The van der Waals surface area contributed by atoms with E-state index in [1.54, 1.807) is 30.3 Å². The molecule has 0 saturated carbocycles. The quantitative estimate of drug-likeness (QED) is 0.584. The van der Waals surface area contributed by atoms with Gasteiger partial charge in [0.1, 0.15) is 17.1 Å². The number of nitrogens with zero attached hydrogens (tertiary/aromatic N) is 2. The normalized spacial score (nSPS) is 11.8. The van der Waals surface area contributed by atoms with Crippen LogP contribution in [0.3, 0.4) is 0 Å². The van der Waals surface area contributed by atoms with Gasteiger partial charge in [0.05, 0.1) is 4.88 Å². The number of hydrogen-bond donors (Lipinski definition) is 1. The highest BCUT2D eigenvalue weighted by Gasteiger charge is 2.19. The number of nitrogens with one attached hydrogen (secondary N) is 1. The third-order valence-corrected chi connectivity index (χ3v) is 5.38. The van der Waals surface area contributed by atoms with E-state index < -0.39 is 10.0 Å². The lowest BCUT2D eigenvalue weighted by Crippen LogP contribution is -2.15. The molecule has 0 aliphatic rings. The molecule has 0 radical (unpaired) electrons. The first-order valence-electron chi connectivity index (χ1n) is 6.95. The Kier molecular flexibility index (Phi) is 3.58. The first-order chi connectivity index (χ1) is 11.6. The number of fused-ring (bicyclic) bond motifs is 1. The predicted molar refractivity (Wildman–Crippen MR) is 90.1 cm³/mol. The Hall–Kier alpha value is -2.65. The van der Waals surface area contributed by atoms with Crippen LogP contribution >= 0.6 is 11.3 Å². The van der Waals surface area contributed by atoms with Crippen LogP contribution in [-0.4, -0.2) is 18.7 Å². The minimum Gasteiger partial charge on any atom is -0.356 e. The summed E-state index contributed by atoms with van der Waals surface area (Å²) in [7, 11) is -3.71. The van der Waals surface area contributed by atoms with Gasteiger partial charge in [0.15, 0.2) is 5.58 Å². The second-order valence-electron chi connectivity index (χ2n) is 5.04. The molecule has 0 fully saturated rings. The number of thiophene rings is 1. The Morgan fingerprint density at radius 1 is 1.08 bits per heavy atom. The van der Waals surface area contributed by atoms with Crippen LogP contribution in [0.15, 0.2) is 56.9 Å². The van der Waals surface area contributed by atoms with Crippen molar-refractivity contribution in [2.24, 2.45) is 0 Å². The molecule has 0 saturated heterocycles. The summed E-state index contributed by atoms with van der Waals surface area (Å²) < 4.78 is 37.2. The molecule has 0 atom stereocenters. The predicted octanol–water partition coefficient (Wildman–Crippen LogP) is 3.49. The van der Waals surface area contributed by atoms with Gasteiger partial charge in [-0.1, -0.05) is 28.5 Å². The molecule has 0 aliphatic heterocycles. The molecule has 1 N–H and O–H groups in total.